The van der Waals surface area contributed by atoms with Crippen LogP contribution in [0.2, 0.25) is 0 Å². The Morgan fingerprint density at radius 2 is 1.55 bits per heavy atom. The third kappa shape index (κ3) is 8.59. The maximum Gasteiger partial charge on any atom is 0.408 e. The van der Waals surface area contributed by atoms with Crippen molar-refractivity contribution in [3.8, 4) is 12.3 Å². The van der Waals surface area contributed by atoms with Crippen LogP contribution < -0.4 is 10.6 Å². The summed E-state index contributed by atoms with van der Waals surface area (Å²) in [5, 5.41) is 7.72. The van der Waals surface area contributed by atoms with Crippen molar-refractivity contribution in [2.24, 2.45) is 5.92 Å². The monoisotopic (exact) mass is 569 g/mol. The first-order valence-corrected chi connectivity index (χ1v) is 14.5. The van der Waals surface area contributed by atoms with Gasteiger partial charge in [-0.2, -0.15) is 0 Å². The fourth-order valence-electron chi connectivity index (χ4n) is 4.84. The van der Waals surface area contributed by atoms with E-state index in [4.69, 9.17) is 11.2 Å². The lowest BCUT2D eigenvalue weighted by Gasteiger charge is -2.38. The number of ether oxygens (including phenoxy) is 1. The minimum Gasteiger partial charge on any atom is -0.444 e. The Bertz CT molecular complexity index is 1450. The van der Waals surface area contributed by atoms with E-state index in [0.717, 1.165) is 17.2 Å². The second-order valence-electron chi connectivity index (χ2n) is 12.1. The van der Waals surface area contributed by atoms with Crippen molar-refractivity contribution in [1.82, 2.24) is 10.2 Å². The summed E-state index contributed by atoms with van der Waals surface area (Å²) >= 11 is 0. The highest BCUT2D eigenvalue weighted by atomic mass is 16.6. The van der Waals surface area contributed by atoms with Crippen LogP contribution in [-0.2, 0) is 14.3 Å². The summed E-state index contributed by atoms with van der Waals surface area (Å²) in [6.07, 6.45) is 6.67. The maximum atomic E-state index is 14.3. The van der Waals surface area contributed by atoms with Gasteiger partial charge < -0.3 is 20.3 Å². The molecule has 0 aliphatic heterocycles. The van der Waals surface area contributed by atoms with E-state index in [1.165, 1.54) is 0 Å². The van der Waals surface area contributed by atoms with Crippen LogP contribution in [-0.4, -0.2) is 40.5 Å². The molecule has 0 saturated carbocycles. The van der Waals surface area contributed by atoms with Crippen molar-refractivity contribution in [3.05, 3.63) is 77.9 Å². The highest BCUT2D eigenvalue weighted by Crippen LogP contribution is 2.31. The molecule has 7 heteroatoms. The minimum absolute atomic E-state index is 0.346. The first kappa shape index (κ1) is 32.2. The Hall–Kier alpha value is -4.31. The Morgan fingerprint density at radius 3 is 2.19 bits per heavy atom. The van der Waals surface area contributed by atoms with Gasteiger partial charge in [0, 0.05) is 17.3 Å². The zero-order valence-corrected chi connectivity index (χ0v) is 25.7. The smallest absolute Gasteiger partial charge is 0.408 e. The summed E-state index contributed by atoms with van der Waals surface area (Å²) < 4.78 is 5.39. The molecule has 0 spiro atoms. The van der Waals surface area contributed by atoms with Crippen LogP contribution in [0.1, 0.15) is 78.5 Å². The summed E-state index contributed by atoms with van der Waals surface area (Å²) in [5.74, 6) is 2.26. The van der Waals surface area contributed by atoms with Crippen LogP contribution in [0.5, 0.6) is 0 Å². The lowest BCUT2D eigenvalue weighted by atomic mass is 9.94. The minimum atomic E-state index is -1.05. The van der Waals surface area contributed by atoms with Gasteiger partial charge in [-0.15, -0.1) is 6.42 Å². The Morgan fingerprint density at radius 1 is 0.905 bits per heavy atom. The number of terminal acetylenes is 1. The van der Waals surface area contributed by atoms with E-state index in [-0.39, 0.29) is 6.04 Å². The Labute approximate surface area is 250 Å². The van der Waals surface area contributed by atoms with Crippen LogP contribution >= 0.6 is 0 Å². The lowest BCUT2D eigenvalue weighted by molar-refractivity contribution is -0.143. The van der Waals surface area contributed by atoms with E-state index in [2.05, 4.69) is 30.4 Å². The number of benzene rings is 3. The lowest BCUT2D eigenvalue weighted by Crippen LogP contribution is -2.54. The maximum absolute atomic E-state index is 14.3. The van der Waals surface area contributed by atoms with E-state index >= 15 is 0 Å². The van der Waals surface area contributed by atoms with Gasteiger partial charge in [-0.25, -0.2) is 4.79 Å². The van der Waals surface area contributed by atoms with Crippen LogP contribution in [0.25, 0.3) is 10.8 Å². The molecule has 3 rings (SSSR count). The molecule has 222 valence electrons. The molecule has 0 aliphatic rings. The topological polar surface area (TPSA) is 87.7 Å². The average molecular weight is 570 g/mol. The van der Waals surface area contributed by atoms with Crippen molar-refractivity contribution in [3.63, 3.8) is 0 Å². The Kier molecular flexibility index (Phi) is 10.8. The van der Waals surface area contributed by atoms with E-state index in [1.807, 2.05) is 49.4 Å². The van der Waals surface area contributed by atoms with Gasteiger partial charge in [0.2, 0.25) is 5.91 Å². The molecule has 3 unspecified atom stereocenters. The Balaban J connectivity index is 2.07. The van der Waals surface area contributed by atoms with Gasteiger partial charge >= 0.3 is 6.09 Å². The fourth-order valence-corrected chi connectivity index (χ4v) is 4.84. The predicted molar refractivity (Wildman–Crippen MR) is 169 cm³/mol. The summed E-state index contributed by atoms with van der Waals surface area (Å²) in [6, 6.07) is 18.3. The molecule has 0 bridgehead atoms. The highest BCUT2D eigenvalue weighted by Gasteiger charge is 2.38. The summed E-state index contributed by atoms with van der Waals surface area (Å²) in [6.45, 7) is 13.0. The molecule has 42 heavy (non-hydrogen) atoms. The molecule has 0 heterocycles. The second-order valence-corrected chi connectivity index (χ2v) is 12.1. The first-order chi connectivity index (χ1) is 19.8. The van der Waals surface area contributed by atoms with Crippen molar-refractivity contribution in [2.45, 2.75) is 85.0 Å². The predicted octanol–water partition coefficient (Wildman–Crippen LogP) is 7.07. The van der Waals surface area contributed by atoms with Gasteiger partial charge in [0.15, 0.2) is 0 Å². The molecule has 2 N–H and O–H groups in total. The first-order valence-electron chi connectivity index (χ1n) is 14.5. The number of nitrogens with one attached hydrogen (secondary N) is 2. The summed E-state index contributed by atoms with van der Waals surface area (Å²) in [4.78, 5) is 42.6. The number of nitrogens with zero attached hydrogens (tertiary/aromatic N) is 1. The van der Waals surface area contributed by atoms with E-state index in [0.29, 0.717) is 29.2 Å². The molecule has 3 atom stereocenters. The van der Waals surface area contributed by atoms with Gasteiger partial charge in [-0.1, -0.05) is 68.3 Å². The molecule has 3 aromatic rings. The number of carbonyl (C=O) groups is 3. The fraction of sp³-hybridized carbons (Fsp3) is 0.400. The van der Waals surface area contributed by atoms with E-state index in [1.54, 1.807) is 56.9 Å². The van der Waals surface area contributed by atoms with E-state index in [9.17, 15) is 14.4 Å². The van der Waals surface area contributed by atoms with Crippen molar-refractivity contribution < 1.29 is 19.1 Å². The number of amides is 3. The highest BCUT2D eigenvalue weighted by molar-refractivity contribution is 6.00. The molecule has 3 aromatic carbocycles. The van der Waals surface area contributed by atoms with Crippen LogP contribution in [0.3, 0.4) is 0 Å². The normalized spacial score (nSPS) is 13.5. The molecular weight excluding hydrogens is 526 g/mol. The van der Waals surface area contributed by atoms with Gasteiger partial charge in [0.1, 0.15) is 17.7 Å². The standard InChI is InChI=1S/C35H43N3O4/c1-9-26-14-12-13-17-30(26)31(32(39)37-29-21-20-27-15-10-11-16-28(27)22-29)38(24(4)19-18-23(2)3)33(40)25(5)36-34(41)42-35(6,7)8/h1,10-17,20-25,31H,18-19H2,2-8H3,(H,36,41)(H,37,39). The van der Waals surface area contributed by atoms with Crippen LogP contribution in [0, 0.1) is 18.3 Å². The number of anilines is 1. The van der Waals surface area contributed by atoms with E-state index < -0.39 is 35.6 Å². The largest absolute Gasteiger partial charge is 0.444 e. The summed E-state index contributed by atoms with van der Waals surface area (Å²) in [5.41, 5.74) is 0.916. The van der Waals surface area contributed by atoms with Gasteiger partial charge in [-0.05, 0) is 87.9 Å². The molecule has 0 fully saturated rings. The molecule has 0 radical (unpaired) electrons. The zero-order valence-electron chi connectivity index (χ0n) is 25.7. The molecule has 0 aromatic heterocycles. The number of alkyl carbamates (subject to hydrolysis) is 1. The third-order valence-corrected chi connectivity index (χ3v) is 6.95. The van der Waals surface area contributed by atoms with Crippen LogP contribution in [0.15, 0.2) is 66.7 Å². The molecule has 3 amide bonds. The second kappa shape index (κ2) is 14.0. The summed E-state index contributed by atoms with van der Waals surface area (Å²) in [7, 11) is 0. The number of rotatable bonds is 10. The molecule has 0 aliphatic carbocycles. The van der Waals surface area contributed by atoms with Gasteiger partial charge in [0.05, 0.1) is 0 Å². The number of hydrogen-bond donors (Lipinski definition) is 2. The number of fused-ring (bicyclic) bond motifs is 1. The zero-order chi connectivity index (χ0) is 31.0. The third-order valence-electron chi connectivity index (χ3n) is 6.95. The number of hydrogen-bond acceptors (Lipinski definition) is 4. The quantitative estimate of drug-likeness (QED) is 0.256. The SMILES string of the molecule is C#Cc1ccccc1C(C(=O)Nc1ccc2ccccc2c1)N(C(=O)C(C)NC(=O)OC(C)(C)C)C(C)CCC(C)C. The molecule has 7 nitrogen and oxygen atoms in total. The van der Waals surface area contributed by atoms with Crippen molar-refractivity contribution in [2.75, 3.05) is 5.32 Å². The molecular formula is C35H43N3O4. The van der Waals surface area contributed by atoms with Crippen molar-refractivity contribution >= 4 is 34.4 Å². The van der Waals surface area contributed by atoms with Gasteiger partial charge in [0.25, 0.3) is 5.91 Å². The van der Waals surface area contributed by atoms with Gasteiger partial charge in [-0.3, -0.25) is 9.59 Å². The van der Waals surface area contributed by atoms with Crippen LogP contribution in [0.4, 0.5) is 10.5 Å². The van der Waals surface area contributed by atoms with Crippen molar-refractivity contribution in [1.29, 1.82) is 0 Å². The molecule has 0 saturated heterocycles. The number of carbonyl (C=O) groups excluding carboxylic acids is 3. The average Bonchev–Trinajstić information content (AvgIpc) is 2.93.